The number of carbonyl (C=O) groups excluding carboxylic acids is 1. The number of amides is 2. The average Bonchev–Trinajstić information content (AvgIpc) is 2.77. The number of carbonyl (C=O) groups is 3. The number of likely N-dealkylation sites (N-methyl/N-ethyl adjacent to an activating group) is 1. The fourth-order valence-corrected chi connectivity index (χ4v) is 3.49. The van der Waals surface area contributed by atoms with Crippen LogP contribution in [0.15, 0.2) is 60.7 Å². The predicted molar refractivity (Wildman–Crippen MR) is 123 cm³/mol. The summed E-state index contributed by atoms with van der Waals surface area (Å²) in [5.74, 6) is -2.18. The monoisotopic (exact) mass is 439 g/mol. The van der Waals surface area contributed by atoms with E-state index in [9.17, 15) is 14.4 Å². The number of hydrogen-bond donors (Lipinski definition) is 4. The summed E-state index contributed by atoms with van der Waals surface area (Å²) >= 11 is 0. The lowest BCUT2D eigenvalue weighted by Gasteiger charge is -2.34. The molecule has 8 nitrogen and oxygen atoms in total. The van der Waals surface area contributed by atoms with Crippen molar-refractivity contribution in [2.24, 2.45) is 0 Å². The van der Waals surface area contributed by atoms with Gasteiger partial charge in [-0.05, 0) is 36.2 Å². The summed E-state index contributed by atoms with van der Waals surface area (Å²) in [6.45, 7) is 4.57. The first-order valence-corrected chi connectivity index (χ1v) is 10.4. The van der Waals surface area contributed by atoms with Gasteiger partial charge in [0.25, 0.3) is 0 Å². The van der Waals surface area contributed by atoms with Gasteiger partial charge in [0.2, 0.25) is 0 Å². The zero-order valence-corrected chi connectivity index (χ0v) is 18.2. The molecule has 3 rings (SSSR count). The molecule has 1 aliphatic rings. The quantitative estimate of drug-likeness (QED) is 0.512. The zero-order valence-electron chi connectivity index (χ0n) is 18.2. The van der Waals surface area contributed by atoms with E-state index in [1.807, 2.05) is 25.1 Å². The first kappa shape index (κ1) is 24.6. The Labute approximate surface area is 187 Å². The summed E-state index contributed by atoms with van der Waals surface area (Å²) in [6, 6.07) is 16.7. The van der Waals surface area contributed by atoms with E-state index in [1.54, 1.807) is 0 Å². The lowest BCUT2D eigenvalue weighted by molar-refractivity contribution is -0.134. The topological polar surface area (TPSA) is 119 Å². The summed E-state index contributed by atoms with van der Waals surface area (Å²) in [7, 11) is 2.13. The van der Waals surface area contributed by atoms with Gasteiger partial charge in [-0.2, -0.15) is 0 Å². The van der Waals surface area contributed by atoms with Crippen molar-refractivity contribution in [3.63, 3.8) is 0 Å². The number of carboxylic acid groups (broad SMARTS) is 2. The Hall–Kier alpha value is -3.65. The molecular formula is C24H29N3O5. The molecule has 0 radical (unpaired) electrons. The second-order valence-electron chi connectivity index (χ2n) is 7.42. The van der Waals surface area contributed by atoms with Crippen molar-refractivity contribution >= 4 is 23.7 Å². The van der Waals surface area contributed by atoms with E-state index in [-0.39, 0.29) is 6.03 Å². The molecule has 1 heterocycles. The van der Waals surface area contributed by atoms with Crippen molar-refractivity contribution in [2.75, 3.05) is 25.5 Å². The molecule has 32 heavy (non-hydrogen) atoms. The average molecular weight is 440 g/mol. The van der Waals surface area contributed by atoms with Gasteiger partial charge in [0.1, 0.15) is 0 Å². The van der Waals surface area contributed by atoms with Gasteiger partial charge >= 0.3 is 18.0 Å². The number of carboxylic acids is 2. The van der Waals surface area contributed by atoms with Crippen LogP contribution in [-0.4, -0.2) is 53.2 Å². The normalized spacial score (nSPS) is 15.2. The minimum Gasteiger partial charge on any atom is -0.478 e. The van der Waals surface area contributed by atoms with Gasteiger partial charge in [0, 0.05) is 43.4 Å². The van der Waals surface area contributed by atoms with Gasteiger partial charge in [0.05, 0.1) is 0 Å². The number of aliphatic carboxylic acids is 2. The highest BCUT2D eigenvalue weighted by molar-refractivity contribution is 5.90. The number of nitrogens with zero attached hydrogens (tertiary/aromatic N) is 1. The van der Waals surface area contributed by atoms with E-state index in [2.05, 4.69) is 52.9 Å². The highest BCUT2D eigenvalue weighted by Crippen LogP contribution is 2.36. The van der Waals surface area contributed by atoms with Crippen molar-refractivity contribution in [3.8, 4) is 0 Å². The molecule has 0 aliphatic carbocycles. The third-order valence-corrected chi connectivity index (χ3v) is 4.86. The van der Waals surface area contributed by atoms with Crippen LogP contribution in [0.3, 0.4) is 0 Å². The van der Waals surface area contributed by atoms with E-state index < -0.39 is 11.9 Å². The van der Waals surface area contributed by atoms with Crippen LogP contribution in [0.5, 0.6) is 0 Å². The molecule has 0 saturated carbocycles. The summed E-state index contributed by atoms with van der Waals surface area (Å²) in [5.41, 5.74) is 4.76. The molecular weight excluding hydrogens is 410 g/mol. The van der Waals surface area contributed by atoms with Crippen molar-refractivity contribution in [2.45, 2.75) is 25.8 Å². The van der Waals surface area contributed by atoms with E-state index in [4.69, 9.17) is 10.2 Å². The maximum Gasteiger partial charge on any atom is 0.328 e. The third-order valence-electron chi connectivity index (χ3n) is 4.86. The smallest absolute Gasteiger partial charge is 0.328 e. The first-order chi connectivity index (χ1) is 15.3. The second kappa shape index (κ2) is 12.3. The number of benzene rings is 2. The molecule has 2 amide bonds. The summed E-state index contributed by atoms with van der Waals surface area (Å²) < 4.78 is 0. The van der Waals surface area contributed by atoms with Gasteiger partial charge in [-0.25, -0.2) is 14.4 Å². The lowest BCUT2D eigenvalue weighted by Crippen LogP contribution is -2.33. The van der Waals surface area contributed by atoms with Gasteiger partial charge in [-0.3, -0.25) is 0 Å². The summed E-state index contributed by atoms with van der Waals surface area (Å²) in [4.78, 5) is 33.5. The number of hydrogen-bond acceptors (Lipinski definition) is 4. The highest BCUT2D eigenvalue weighted by Gasteiger charge is 2.26. The van der Waals surface area contributed by atoms with Crippen LogP contribution in [-0.2, 0) is 16.1 Å². The minimum atomic E-state index is -1.26. The SMILES string of the molecule is CCCNC(=O)Nc1cccc2c1CN(C)CC2c1ccccc1.O=C(O)/C=C\C(=O)O. The van der Waals surface area contributed by atoms with E-state index in [0.29, 0.717) is 24.6 Å². The zero-order chi connectivity index (χ0) is 23.5. The molecule has 0 spiro atoms. The van der Waals surface area contributed by atoms with Crippen LogP contribution >= 0.6 is 0 Å². The van der Waals surface area contributed by atoms with Gasteiger partial charge in [-0.1, -0.05) is 49.4 Å². The number of fused-ring (bicyclic) bond motifs is 1. The number of rotatable bonds is 6. The van der Waals surface area contributed by atoms with Crippen LogP contribution in [0.25, 0.3) is 0 Å². The molecule has 0 aromatic heterocycles. The van der Waals surface area contributed by atoms with Crippen LogP contribution in [0.4, 0.5) is 10.5 Å². The molecule has 2 aromatic carbocycles. The first-order valence-electron chi connectivity index (χ1n) is 10.4. The van der Waals surface area contributed by atoms with Crippen molar-refractivity contribution in [1.82, 2.24) is 10.2 Å². The van der Waals surface area contributed by atoms with Crippen LogP contribution < -0.4 is 10.6 Å². The predicted octanol–water partition coefficient (Wildman–Crippen LogP) is 3.51. The Bertz CT molecular complexity index is 943. The van der Waals surface area contributed by atoms with E-state index in [0.717, 1.165) is 25.2 Å². The Kier molecular flexibility index (Phi) is 9.43. The maximum absolute atomic E-state index is 12.1. The third kappa shape index (κ3) is 7.55. The van der Waals surface area contributed by atoms with Crippen molar-refractivity contribution < 1.29 is 24.6 Å². The molecule has 0 saturated heterocycles. The molecule has 8 heteroatoms. The van der Waals surface area contributed by atoms with E-state index >= 15 is 0 Å². The van der Waals surface area contributed by atoms with E-state index in [1.165, 1.54) is 16.7 Å². The van der Waals surface area contributed by atoms with Crippen molar-refractivity contribution in [1.29, 1.82) is 0 Å². The van der Waals surface area contributed by atoms with Gasteiger partial charge in [0.15, 0.2) is 0 Å². The Balaban J connectivity index is 0.000000390. The Morgan fingerprint density at radius 1 is 1.03 bits per heavy atom. The molecule has 0 fully saturated rings. The van der Waals surface area contributed by atoms with Crippen LogP contribution in [0.1, 0.15) is 36.0 Å². The second-order valence-corrected chi connectivity index (χ2v) is 7.42. The van der Waals surface area contributed by atoms with Crippen LogP contribution in [0, 0.1) is 0 Å². The number of anilines is 1. The Morgan fingerprint density at radius 3 is 2.28 bits per heavy atom. The minimum absolute atomic E-state index is 0.130. The van der Waals surface area contributed by atoms with Crippen LogP contribution in [0.2, 0.25) is 0 Å². The highest BCUT2D eigenvalue weighted by atomic mass is 16.4. The largest absolute Gasteiger partial charge is 0.478 e. The van der Waals surface area contributed by atoms with Crippen molar-refractivity contribution in [3.05, 3.63) is 77.4 Å². The summed E-state index contributed by atoms with van der Waals surface area (Å²) in [5, 5.41) is 21.5. The van der Waals surface area contributed by atoms with Gasteiger partial charge < -0.3 is 25.7 Å². The molecule has 170 valence electrons. The molecule has 1 atom stereocenters. The Morgan fingerprint density at radius 2 is 1.69 bits per heavy atom. The molecule has 4 N–H and O–H groups in total. The molecule has 0 bridgehead atoms. The standard InChI is InChI=1S/C20H25N3O.C4H4O4/c1-3-12-21-20(24)22-19-11-7-10-16-17(13-23(2)14-18(16)19)15-8-5-4-6-9-15;5-3(6)1-2-4(7)8/h4-11,17H,3,12-14H2,1-2H3,(H2,21,22,24);1-2H,(H,5,6)(H,7,8)/b;2-1-. The maximum atomic E-state index is 12.1. The molecule has 1 unspecified atom stereocenters. The van der Waals surface area contributed by atoms with Gasteiger partial charge in [-0.15, -0.1) is 0 Å². The lowest BCUT2D eigenvalue weighted by atomic mass is 9.84. The fourth-order valence-electron chi connectivity index (χ4n) is 3.49. The number of urea groups is 1. The molecule has 2 aromatic rings. The number of nitrogens with one attached hydrogen (secondary N) is 2. The molecule has 1 aliphatic heterocycles. The summed E-state index contributed by atoms with van der Waals surface area (Å²) in [6.07, 6.45) is 2.05. The fraction of sp³-hybridized carbons (Fsp3) is 0.292.